The lowest BCUT2D eigenvalue weighted by molar-refractivity contribution is -0.167. The largest absolute Gasteiger partial charge is 0.462 e. The van der Waals surface area contributed by atoms with Crippen molar-refractivity contribution >= 4 is 17.9 Å². The molecule has 0 aromatic rings. The summed E-state index contributed by atoms with van der Waals surface area (Å²) in [5, 5.41) is 0. The van der Waals surface area contributed by atoms with Crippen molar-refractivity contribution in [1.82, 2.24) is 0 Å². The number of rotatable bonds is 59. The van der Waals surface area contributed by atoms with E-state index in [1.807, 2.05) is 0 Å². The molecule has 6 nitrogen and oxygen atoms in total. The third kappa shape index (κ3) is 60.1. The van der Waals surface area contributed by atoms with E-state index in [4.69, 9.17) is 14.2 Å². The van der Waals surface area contributed by atoms with E-state index in [-0.39, 0.29) is 31.1 Å². The second-order valence-electron chi connectivity index (χ2n) is 21.7. The Balaban J connectivity index is 4.31. The van der Waals surface area contributed by atoms with Crippen LogP contribution in [0.25, 0.3) is 0 Å². The van der Waals surface area contributed by atoms with Gasteiger partial charge in [-0.2, -0.15) is 0 Å². The van der Waals surface area contributed by atoms with Crippen LogP contribution in [0.2, 0.25) is 0 Å². The zero-order valence-electron chi connectivity index (χ0n) is 48.9. The van der Waals surface area contributed by atoms with Crippen molar-refractivity contribution in [2.24, 2.45) is 0 Å². The van der Waals surface area contributed by atoms with Crippen molar-refractivity contribution in [2.75, 3.05) is 13.2 Å². The third-order valence-corrected chi connectivity index (χ3v) is 14.3. The molecule has 0 aromatic carbocycles. The van der Waals surface area contributed by atoms with Crippen molar-refractivity contribution in [2.45, 2.75) is 348 Å². The molecule has 0 rings (SSSR count). The first-order valence-electron chi connectivity index (χ1n) is 32.1. The molecule has 0 fully saturated rings. The Hall–Kier alpha value is -2.63. The van der Waals surface area contributed by atoms with Crippen LogP contribution in [-0.2, 0) is 28.6 Å². The molecule has 0 saturated carbocycles. The minimum absolute atomic E-state index is 0.0763. The van der Waals surface area contributed by atoms with E-state index in [1.165, 1.54) is 218 Å². The van der Waals surface area contributed by atoms with Gasteiger partial charge in [0.15, 0.2) is 6.10 Å². The van der Waals surface area contributed by atoms with Gasteiger partial charge in [0, 0.05) is 19.3 Å². The SMILES string of the molecule is CCCCCC/C=C\CCCCCCCC(=O)OCC(COC(=O)CCCCCCCCCC/C=C\C/C=C\C/C=C\CCCCCCC)OC(=O)CCCCCCCCCCCCCCCCCCCCC. The van der Waals surface area contributed by atoms with Gasteiger partial charge in [-0.25, -0.2) is 0 Å². The Morgan fingerprint density at radius 2 is 0.493 bits per heavy atom. The summed E-state index contributed by atoms with van der Waals surface area (Å²) in [6.07, 6.45) is 76.8. The van der Waals surface area contributed by atoms with Crippen LogP contribution in [0, 0.1) is 0 Å². The van der Waals surface area contributed by atoms with E-state index in [1.54, 1.807) is 0 Å². The summed E-state index contributed by atoms with van der Waals surface area (Å²) in [4.78, 5) is 38.3. The fourth-order valence-corrected chi connectivity index (χ4v) is 9.45. The number of carbonyl (C=O) groups excluding carboxylic acids is 3. The maximum absolute atomic E-state index is 12.9. The van der Waals surface area contributed by atoms with E-state index in [0.717, 1.165) is 83.5 Å². The lowest BCUT2D eigenvalue weighted by Gasteiger charge is -2.18. The van der Waals surface area contributed by atoms with Crippen molar-refractivity contribution in [3.8, 4) is 0 Å². The lowest BCUT2D eigenvalue weighted by atomic mass is 10.0. The minimum atomic E-state index is -0.778. The van der Waals surface area contributed by atoms with Gasteiger partial charge in [-0.05, 0) is 83.5 Å². The average Bonchev–Trinajstić information content (AvgIpc) is 3.39. The van der Waals surface area contributed by atoms with Crippen molar-refractivity contribution in [3.63, 3.8) is 0 Å². The smallest absolute Gasteiger partial charge is 0.306 e. The third-order valence-electron chi connectivity index (χ3n) is 14.3. The number of hydrogen-bond donors (Lipinski definition) is 0. The Morgan fingerprint density at radius 1 is 0.274 bits per heavy atom. The molecule has 0 radical (unpaired) electrons. The number of ether oxygens (including phenoxy) is 3. The molecule has 0 aromatic heterocycles. The second-order valence-corrected chi connectivity index (χ2v) is 21.7. The van der Waals surface area contributed by atoms with E-state index in [0.29, 0.717) is 19.3 Å². The summed E-state index contributed by atoms with van der Waals surface area (Å²) in [5.41, 5.74) is 0. The highest BCUT2D eigenvalue weighted by Crippen LogP contribution is 2.17. The molecule has 0 heterocycles. The molecule has 6 heteroatoms. The number of unbranched alkanes of at least 4 members (excludes halogenated alkanes) is 40. The lowest BCUT2D eigenvalue weighted by Crippen LogP contribution is -2.30. The van der Waals surface area contributed by atoms with Gasteiger partial charge in [0.1, 0.15) is 13.2 Å². The van der Waals surface area contributed by atoms with Crippen LogP contribution in [0.1, 0.15) is 342 Å². The molecule has 73 heavy (non-hydrogen) atoms. The normalized spacial score (nSPS) is 12.3. The zero-order valence-corrected chi connectivity index (χ0v) is 48.9. The van der Waals surface area contributed by atoms with Crippen molar-refractivity contribution in [1.29, 1.82) is 0 Å². The van der Waals surface area contributed by atoms with Crippen LogP contribution in [0.4, 0.5) is 0 Å². The van der Waals surface area contributed by atoms with Crippen LogP contribution < -0.4 is 0 Å². The summed E-state index contributed by atoms with van der Waals surface area (Å²) >= 11 is 0. The summed E-state index contributed by atoms with van der Waals surface area (Å²) < 4.78 is 16.9. The maximum Gasteiger partial charge on any atom is 0.306 e. The Bertz CT molecular complexity index is 1270. The van der Waals surface area contributed by atoms with Gasteiger partial charge in [0.25, 0.3) is 0 Å². The standard InChI is InChI=1S/C67H122O6/c1-4-7-10-13-16-19-22-25-27-29-31-32-33-34-36-37-39-42-45-48-51-54-57-60-66(69)72-63-64(62-71-65(68)59-56-53-50-47-44-41-24-21-18-15-12-9-6-3)73-67(70)61-58-55-52-49-46-43-40-38-35-30-28-26-23-20-17-14-11-8-5-2/h21-22,24-25,29,31,33-34,64H,4-20,23,26-28,30,32,35-63H2,1-3H3/b24-21-,25-22-,31-29-,34-33-. The van der Waals surface area contributed by atoms with Crippen LogP contribution in [0.15, 0.2) is 48.6 Å². The number of carbonyl (C=O) groups is 3. The molecule has 0 saturated heterocycles. The van der Waals surface area contributed by atoms with Crippen LogP contribution in [0.3, 0.4) is 0 Å². The Morgan fingerprint density at radius 3 is 0.795 bits per heavy atom. The molecule has 0 spiro atoms. The fourth-order valence-electron chi connectivity index (χ4n) is 9.45. The van der Waals surface area contributed by atoms with Gasteiger partial charge in [-0.3, -0.25) is 14.4 Å². The predicted molar refractivity (Wildman–Crippen MR) is 316 cm³/mol. The molecule has 1 unspecified atom stereocenters. The second kappa shape index (κ2) is 61.9. The number of esters is 3. The monoisotopic (exact) mass is 1020 g/mol. The molecule has 426 valence electrons. The quantitative estimate of drug-likeness (QED) is 0.0261. The van der Waals surface area contributed by atoms with Gasteiger partial charge < -0.3 is 14.2 Å². The molecule has 0 amide bonds. The first-order chi connectivity index (χ1) is 36.0. The molecule has 0 aliphatic heterocycles. The van der Waals surface area contributed by atoms with E-state index in [9.17, 15) is 14.4 Å². The summed E-state index contributed by atoms with van der Waals surface area (Å²) in [7, 11) is 0. The first kappa shape index (κ1) is 70.4. The van der Waals surface area contributed by atoms with Crippen LogP contribution in [-0.4, -0.2) is 37.2 Å². The molecule has 1 atom stereocenters. The van der Waals surface area contributed by atoms with Gasteiger partial charge in [-0.1, -0.05) is 288 Å². The minimum Gasteiger partial charge on any atom is -0.462 e. The predicted octanol–water partition coefficient (Wildman–Crippen LogP) is 21.8. The van der Waals surface area contributed by atoms with Gasteiger partial charge in [0.05, 0.1) is 0 Å². The highest BCUT2D eigenvalue weighted by atomic mass is 16.6. The molecular formula is C67H122O6. The highest BCUT2D eigenvalue weighted by Gasteiger charge is 2.19. The van der Waals surface area contributed by atoms with Crippen molar-refractivity contribution < 1.29 is 28.6 Å². The number of hydrogen-bond acceptors (Lipinski definition) is 6. The fraction of sp³-hybridized carbons (Fsp3) is 0.836. The Kier molecular flexibility index (Phi) is 59.7. The van der Waals surface area contributed by atoms with Gasteiger partial charge >= 0.3 is 17.9 Å². The topological polar surface area (TPSA) is 78.9 Å². The maximum atomic E-state index is 12.9. The van der Waals surface area contributed by atoms with Gasteiger partial charge in [0.2, 0.25) is 0 Å². The highest BCUT2D eigenvalue weighted by molar-refractivity contribution is 5.71. The van der Waals surface area contributed by atoms with E-state index >= 15 is 0 Å². The van der Waals surface area contributed by atoms with E-state index < -0.39 is 6.10 Å². The average molecular weight is 1020 g/mol. The molecule has 0 bridgehead atoms. The first-order valence-corrected chi connectivity index (χ1v) is 32.1. The summed E-state index contributed by atoms with van der Waals surface area (Å²) in [6.45, 7) is 6.65. The van der Waals surface area contributed by atoms with Crippen LogP contribution >= 0.6 is 0 Å². The number of allylic oxidation sites excluding steroid dienone is 8. The molecule has 0 aliphatic rings. The van der Waals surface area contributed by atoms with E-state index in [2.05, 4.69) is 69.4 Å². The zero-order chi connectivity index (χ0) is 52.9. The molecular weight excluding hydrogens is 901 g/mol. The molecule has 0 aliphatic carbocycles. The Labute approximate surface area is 454 Å². The van der Waals surface area contributed by atoms with Crippen LogP contribution in [0.5, 0.6) is 0 Å². The van der Waals surface area contributed by atoms with Gasteiger partial charge in [-0.15, -0.1) is 0 Å². The molecule has 0 N–H and O–H groups in total. The van der Waals surface area contributed by atoms with Crippen molar-refractivity contribution in [3.05, 3.63) is 48.6 Å². The summed E-state index contributed by atoms with van der Waals surface area (Å²) in [5.74, 6) is -0.871. The summed E-state index contributed by atoms with van der Waals surface area (Å²) in [6, 6.07) is 0.